The van der Waals surface area contributed by atoms with Gasteiger partial charge in [-0.05, 0) is 48.0 Å². The predicted molar refractivity (Wildman–Crippen MR) is 90.4 cm³/mol. The van der Waals surface area contributed by atoms with E-state index in [1.807, 2.05) is 0 Å². The molecule has 0 unspecified atom stereocenters. The highest BCUT2D eigenvalue weighted by molar-refractivity contribution is 6.06. The van der Waals surface area contributed by atoms with Gasteiger partial charge in [0.05, 0.1) is 0 Å². The van der Waals surface area contributed by atoms with E-state index >= 15 is 0 Å². The van der Waals surface area contributed by atoms with Crippen molar-refractivity contribution in [3.8, 4) is 5.75 Å². The lowest BCUT2D eigenvalue weighted by molar-refractivity contribution is -0.130. The van der Waals surface area contributed by atoms with Crippen molar-refractivity contribution in [3.05, 3.63) is 71.6 Å². The molecule has 0 N–H and O–H groups in total. The van der Waals surface area contributed by atoms with Crippen molar-refractivity contribution in [2.45, 2.75) is 0 Å². The van der Waals surface area contributed by atoms with Crippen LogP contribution in [0.2, 0.25) is 0 Å². The first-order valence-electron chi connectivity index (χ1n) is 7.37. The molecule has 5 heteroatoms. The van der Waals surface area contributed by atoms with Crippen LogP contribution in [0.1, 0.15) is 15.9 Å². The second-order valence-electron chi connectivity index (χ2n) is 5.35. The van der Waals surface area contributed by atoms with Gasteiger partial charge in [0.15, 0.2) is 12.4 Å². The van der Waals surface area contributed by atoms with Crippen LogP contribution in [0.5, 0.6) is 5.75 Å². The van der Waals surface area contributed by atoms with Crippen LogP contribution in [0.25, 0.3) is 6.08 Å². The Balaban J connectivity index is 1.95. The fourth-order valence-electron chi connectivity index (χ4n) is 1.83. The van der Waals surface area contributed by atoms with Gasteiger partial charge < -0.3 is 9.64 Å². The summed E-state index contributed by atoms with van der Waals surface area (Å²) in [7, 11) is 3.31. The third-order valence-corrected chi connectivity index (χ3v) is 3.30. The molecule has 2 aromatic carbocycles. The maximum absolute atomic E-state index is 12.8. The summed E-state index contributed by atoms with van der Waals surface area (Å²) in [6.07, 6.45) is 3.06. The average molecular weight is 327 g/mol. The number of hydrogen-bond donors (Lipinski definition) is 0. The molecule has 0 fully saturated rings. The van der Waals surface area contributed by atoms with Gasteiger partial charge in [-0.3, -0.25) is 9.59 Å². The summed E-state index contributed by atoms with van der Waals surface area (Å²) in [4.78, 5) is 25.0. The molecule has 0 aliphatic rings. The maximum atomic E-state index is 12.8. The lowest BCUT2D eigenvalue weighted by Crippen LogP contribution is -2.27. The summed E-state index contributed by atoms with van der Waals surface area (Å²) < 4.78 is 18.2. The summed E-state index contributed by atoms with van der Waals surface area (Å²) >= 11 is 0. The minimum atomic E-state index is -0.318. The Morgan fingerprint density at radius 2 is 1.67 bits per heavy atom. The first-order valence-corrected chi connectivity index (χ1v) is 7.37. The predicted octanol–water partition coefficient (Wildman–Crippen LogP) is 3.19. The smallest absolute Gasteiger partial charge is 0.259 e. The zero-order chi connectivity index (χ0) is 17.5. The number of halogens is 1. The SMILES string of the molecule is CN(C)C(=O)COc1ccc(C(=O)C=Cc2ccc(F)cc2)cc1. The summed E-state index contributed by atoms with van der Waals surface area (Å²) in [5.74, 6) is -0.112. The van der Waals surface area contributed by atoms with E-state index in [0.717, 1.165) is 5.56 Å². The fraction of sp³-hybridized carbons (Fsp3) is 0.158. The highest BCUT2D eigenvalue weighted by Crippen LogP contribution is 2.14. The molecule has 0 saturated carbocycles. The molecule has 0 aromatic heterocycles. The minimum absolute atomic E-state index is 0.0508. The number of allylic oxidation sites excluding steroid dienone is 1. The van der Waals surface area contributed by atoms with Crippen LogP contribution in [0.4, 0.5) is 4.39 Å². The van der Waals surface area contributed by atoms with E-state index in [-0.39, 0.29) is 24.1 Å². The Hall–Kier alpha value is -2.95. The van der Waals surface area contributed by atoms with Crippen LogP contribution in [0.15, 0.2) is 54.6 Å². The van der Waals surface area contributed by atoms with Gasteiger partial charge in [0, 0.05) is 19.7 Å². The molecule has 0 atom stereocenters. The van der Waals surface area contributed by atoms with Crippen LogP contribution < -0.4 is 4.74 Å². The van der Waals surface area contributed by atoms with Crippen molar-refractivity contribution >= 4 is 17.8 Å². The van der Waals surface area contributed by atoms with Crippen LogP contribution in [-0.2, 0) is 4.79 Å². The molecule has 124 valence electrons. The molecule has 4 nitrogen and oxygen atoms in total. The topological polar surface area (TPSA) is 46.6 Å². The molecule has 2 aromatic rings. The minimum Gasteiger partial charge on any atom is -0.484 e. The molecule has 0 bridgehead atoms. The van der Waals surface area contributed by atoms with E-state index in [9.17, 15) is 14.0 Å². The summed E-state index contributed by atoms with van der Waals surface area (Å²) in [5.41, 5.74) is 1.24. The summed E-state index contributed by atoms with van der Waals surface area (Å²) in [6.45, 7) is -0.0508. The Morgan fingerprint density at radius 1 is 1.04 bits per heavy atom. The third kappa shape index (κ3) is 5.05. The monoisotopic (exact) mass is 327 g/mol. The van der Waals surface area contributed by atoms with Crippen molar-refractivity contribution in [3.63, 3.8) is 0 Å². The van der Waals surface area contributed by atoms with E-state index in [2.05, 4.69) is 0 Å². The molecule has 0 saturated heterocycles. The van der Waals surface area contributed by atoms with Gasteiger partial charge in [0.2, 0.25) is 0 Å². The van der Waals surface area contributed by atoms with E-state index in [4.69, 9.17) is 4.74 Å². The molecule has 0 aliphatic heterocycles. The molecular formula is C19H18FNO3. The van der Waals surface area contributed by atoms with Gasteiger partial charge in [-0.15, -0.1) is 0 Å². The zero-order valence-electron chi connectivity index (χ0n) is 13.5. The highest BCUT2D eigenvalue weighted by Gasteiger charge is 2.06. The molecule has 24 heavy (non-hydrogen) atoms. The summed E-state index contributed by atoms with van der Waals surface area (Å²) in [5, 5.41) is 0. The van der Waals surface area contributed by atoms with Crippen LogP contribution in [0, 0.1) is 5.82 Å². The molecule has 2 rings (SSSR count). The Kier molecular flexibility index (Phi) is 5.84. The van der Waals surface area contributed by atoms with Gasteiger partial charge >= 0.3 is 0 Å². The molecule has 0 radical (unpaired) electrons. The number of carbonyl (C=O) groups excluding carboxylic acids is 2. The lowest BCUT2D eigenvalue weighted by atomic mass is 10.1. The quantitative estimate of drug-likeness (QED) is 0.605. The second-order valence-corrected chi connectivity index (χ2v) is 5.35. The third-order valence-electron chi connectivity index (χ3n) is 3.30. The standard InChI is InChI=1S/C19H18FNO3/c1-21(2)19(23)13-24-17-10-6-15(7-11-17)18(22)12-5-14-3-8-16(20)9-4-14/h3-12H,13H2,1-2H3. The average Bonchev–Trinajstić information content (AvgIpc) is 2.59. The Labute approximate surface area is 140 Å². The van der Waals surface area contributed by atoms with Crippen molar-refractivity contribution in [1.29, 1.82) is 0 Å². The number of rotatable bonds is 6. The van der Waals surface area contributed by atoms with Gasteiger partial charge in [-0.2, -0.15) is 0 Å². The first kappa shape index (κ1) is 17.4. The van der Waals surface area contributed by atoms with Crippen molar-refractivity contribution in [1.82, 2.24) is 4.90 Å². The van der Waals surface area contributed by atoms with E-state index < -0.39 is 0 Å². The number of benzene rings is 2. The number of likely N-dealkylation sites (N-methyl/N-ethyl adjacent to an activating group) is 1. The van der Waals surface area contributed by atoms with Gasteiger partial charge in [0.25, 0.3) is 5.91 Å². The fourth-order valence-corrected chi connectivity index (χ4v) is 1.83. The largest absolute Gasteiger partial charge is 0.484 e. The molecule has 0 spiro atoms. The van der Waals surface area contributed by atoms with Crippen molar-refractivity contribution < 1.29 is 18.7 Å². The highest BCUT2D eigenvalue weighted by atomic mass is 19.1. The van der Waals surface area contributed by atoms with Gasteiger partial charge in [-0.1, -0.05) is 18.2 Å². The van der Waals surface area contributed by atoms with Crippen LogP contribution in [0.3, 0.4) is 0 Å². The Morgan fingerprint density at radius 3 is 2.25 bits per heavy atom. The number of ketones is 1. The number of carbonyl (C=O) groups is 2. The summed E-state index contributed by atoms with van der Waals surface area (Å²) in [6, 6.07) is 12.4. The number of nitrogens with zero attached hydrogens (tertiary/aromatic N) is 1. The van der Waals surface area contributed by atoms with Crippen molar-refractivity contribution in [2.24, 2.45) is 0 Å². The Bertz CT molecular complexity index is 734. The molecule has 0 aliphatic carbocycles. The lowest BCUT2D eigenvalue weighted by Gasteiger charge is -2.11. The second kappa shape index (κ2) is 8.06. The molecular weight excluding hydrogens is 309 g/mol. The molecule has 0 heterocycles. The van der Waals surface area contributed by atoms with E-state index in [1.54, 1.807) is 56.6 Å². The molecule has 1 amide bonds. The number of amides is 1. The normalized spacial score (nSPS) is 10.6. The van der Waals surface area contributed by atoms with Crippen molar-refractivity contribution in [2.75, 3.05) is 20.7 Å². The maximum Gasteiger partial charge on any atom is 0.259 e. The number of hydrogen-bond acceptors (Lipinski definition) is 3. The number of ether oxygens (including phenoxy) is 1. The van der Waals surface area contributed by atoms with Gasteiger partial charge in [-0.25, -0.2) is 4.39 Å². The van der Waals surface area contributed by atoms with Crippen LogP contribution >= 0.6 is 0 Å². The van der Waals surface area contributed by atoms with E-state index in [1.165, 1.54) is 23.1 Å². The zero-order valence-corrected chi connectivity index (χ0v) is 13.5. The van der Waals surface area contributed by atoms with Crippen LogP contribution in [-0.4, -0.2) is 37.3 Å². The van der Waals surface area contributed by atoms with E-state index in [0.29, 0.717) is 11.3 Å². The van der Waals surface area contributed by atoms with Gasteiger partial charge in [0.1, 0.15) is 11.6 Å². The first-order chi connectivity index (χ1) is 11.5.